The monoisotopic (exact) mass is 382 g/mol. The van der Waals surface area contributed by atoms with Gasteiger partial charge in [0.15, 0.2) is 0 Å². The molecular weight excluding hydrogens is 363 g/mol. The van der Waals surface area contributed by atoms with Gasteiger partial charge in [0.05, 0.1) is 10.6 Å². The lowest BCUT2D eigenvalue weighted by Gasteiger charge is -2.17. The maximum Gasteiger partial charge on any atom is 0.243 e. The molecule has 0 aromatic heterocycles. The predicted molar refractivity (Wildman–Crippen MR) is 105 cm³/mol. The fraction of sp³-hybridized carbons (Fsp3) is 0.0952. The van der Waals surface area contributed by atoms with Crippen molar-refractivity contribution in [2.45, 2.75) is 11.4 Å². The van der Waals surface area contributed by atoms with Crippen molar-refractivity contribution in [1.29, 1.82) is 0 Å². The van der Waals surface area contributed by atoms with Gasteiger partial charge in [-0.25, -0.2) is 12.8 Å². The Kier molecular flexibility index (Phi) is 5.78. The maximum atomic E-state index is 12.9. The zero-order valence-corrected chi connectivity index (χ0v) is 15.6. The molecule has 0 aliphatic heterocycles. The third kappa shape index (κ3) is 4.87. The topological polar surface area (TPSA) is 49.7 Å². The summed E-state index contributed by atoms with van der Waals surface area (Å²) >= 11 is 0. The lowest BCUT2D eigenvalue weighted by Crippen LogP contribution is -2.26. The van der Waals surface area contributed by atoms with Gasteiger partial charge in [-0.3, -0.25) is 4.99 Å². The van der Waals surface area contributed by atoms with Crippen molar-refractivity contribution in [2.75, 3.05) is 7.05 Å². The SMILES string of the molecule is CN(Cc1ccccc1)S(=O)(=O)c1ccc(N=Cc2ccc(F)cc2)cc1. The Morgan fingerprint density at radius 3 is 2.19 bits per heavy atom. The van der Waals surface area contributed by atoms with Crippen LogP contribution in [0.5, 0.6) is 0 Å². The molecule has 0 atom stereocenters. The normalized spacial score (nSPS) is 12.0. The minimum atomic E-state index is -3.59. The van der Waals surface area contributed by atoms with Crippen LogP contribution < -0.4 is 0 Å². The highest BCUT2D eigenvalue weighted by Crippen LogP contribution is 2.20. The van der Waals surface area contributed by atoms with E-state index >= 15 is 0 Å². The van der Waals surface area contributed by atoms with E-state index in [9.17, 15) is 12.8 Å². The molecule has 3 aromatic carbocycles. The average molecular weight is 382 g/mol. The van der Waals surface area contributed by atoms with Crippen LogP contribution in [0.4, 0.5) is 10.1 Å². The number of hydrogen-bond donors (Lipinski definition) is 0. The Morgan fingerprint density at radius 2 is 1.56 bits per heavy atom. The molecule has 6 heteroatoms. The van der Waals surface area contributed by atoms with Crippen molar-refractivity contribution in [1.82, 2.24) is 4.31 Å². The molecule has 0 N–H and O–H groups in total. The highest BCUT2D eigenvalue weighted by Gasteiger charge is 2.20. The molecule has 0 fully saturated rings. The van der Waals surface area contributed by atoms with Crippen LogP contribution in [0.15, 0.2) is 88.8 Å². The molecule has 4 nitrogen and oxygen atoms in total. The molecule has 0 unspecified atom stereocenters. The van der Waals surface area contributed by atoms with E-state index in [1.165, 1.54) is 28.6 Å². The van der Waals surface area contributed by atoms with Gasteiger partial charge in [-0.2, -0.15) is 4.31 Å². The van der Waals surface area contributed by atoms with E-state index in [0.717, 1.165) is 11.1 Å². The van der Waals surface area contributed by atoms with Crippen LogP contribution in [0.3, 0.4) is 0 Å². The van der Waals surface area contributed by atoms with Gasteiger partial charge in [0.1, 0.15) is 5.82 Å². The Hall–Kier alpha value is -2.83. The van der Waals surface area contributed by atoms with Crippen molar-refractivity contribution in [2.24, 2.45) is 4.99 Å². The average Bonchev–Trinajstić information content (AvgIpc) is 2.68. The standard InChI is InChI=1S/C21H19FN2O2S/c1-24(16-18-5-3-2-4-6-18)27(25,26)21-13-11-20(12-14-21)23-15-17-7-9-19(22)10-8-17/h2-15H,16H2,1H3. The minimum Gasteiger partial charge on any atom is -0.256 e. The second kappa shape index (κ2) is 8.24. The highest BCUT2D eigenvalue weighted by atomic mass is 32.2. The third-order valence-corrected chi connectivity index (χ3v) is 5.84. The largest absolute Gasteiger partial charge is 0.256 e. The number of benzene rings is 3. The smallest absolute Gasteiger partial charge is 0.243 e. The first-order valence-electron chi connectivity index (χ1n) is 8.35. The number of rotatable bonds is 6. The maximum absolute atomic E-state index is 12.9. The summed E-state index contributed by atoms with van der Waals surface area (Å²) in [4.78, 5) is 4.50. The first kappa shape index (κ1) is 18.9. The molecule has 3 aromatic rings. The lowest BCUT2D eigenvalue weighted by atomic mass is 10.2. The van der Waals surface area contributed by atoms with Gasteiger partial charge in [0, 0.05) is 19.8 Å². The second-order valence-corrected chi connectivity index (χ2v) is 8.10. The molecule has 0 amide bonds. The number of aliphatic imine (C=N–C) groups is 1. The molecular formula is C21H19FN2O2S. The molecule has 3 rings (SSSR count). The summed E-state index contributed by atoms with van der Waals surface area (Å²) in [5.41, 5.74) is 2.30. The minimum absolute atomic E-state index is 0.210. The Balaban J connectivity index is 1.72. The number of sulfonamides is 1. The van der Waals surface area contributed by atoms with Crippen LogP contribution >= 0.6 is 0 Å². The molecule has 0 aliphatic rings. The van der Waals surface area contributed by atoms with E-state index in [2.05, 4.69) is 4.99 Å². The third-order valence-electron chi connectivity index (χ3n) is 4.03. The summed E-state index contributed by atoms with van der Waals surface area (Å²) < 4.78 is 39.6. The van der Waals surface area contributed by atoms with Crippen molar-refractivity contribution in [3.05, 3.63) is 95.8 Å². The zero-order chi connectivity index (χ0) is 19.3. The molecule has 27 heavy (non-hydrogen) atoms. The van der Waals surface area contributed by atoms with E-state index in [-0.39, 0.29) is 10.7 Å². The first-order chi connectivity index (χ1) is 12.9. The highest BCUT2D eigenvalue weighted by molar-refractivity contribution is 7.89. The van der Waals surface area contributed by atoms with Crippen molar-refractivity contribution < 1.29 is 12.8 Å². The summed E-state index contributed by atoms with van der Waals surface area (Å²) in [6.07, 6.45) is 1.60. The molecule has 0 aliphatic carbocycles. The van der Waals surface area contributed by atoms with Gasteiger partial charge in [-0.15, -0.1) is 0 Å². The van der Waals surface area contributed by atoms with Gasteiger partial charge in [0.25, 0.3) is 0 Å². The number of hydrogen-bond acceptors (Lipinski definition) is 3. The van der Waals surface area contributed by atoms with Crippen LogP contribution in [0.2, 0.25) is 0 Å². The van der Waals surface area contributed by atoms with Crippen LogP contribution in [-0.4, -0.2) is 26.0 Å². The van der Waals surface area contributed by atoms with E-state index in [1.807, 2.05) is 30.3 Å². The summed E-state index contributed by atoms with van der Waals surface area (Å²) in [7, 11) is -2.03. The quantitative estimate of drug-likeness (QED) is 0.594. The molecule has 0 saturated carbocycles. The van der Waals surface area contributed by atoms with Crippen molar-refractivity contribution in [3.63, 3.8) is 0 Å². The molecule has 0 spiro atoms. The van der Waals surface area contributed by atoms with Crippen LogP contribution in [-0.2, 0) is 16.6 Å². The molecule has 0 heterocycles. The summed E-state index contributed by atoms with van der Waals surface area (Å²) in [6.45, 7) is 0.299. The zero-order valence-electron chi connectivity index (χ0n) is 14.8. The second-order valence-electron chi connectivity index (χ2n) is 6.05. The number of nitrogens with zero attached hydrogens (tertiary/aromatic N) is 2. The Morgan fingerprint density at radius 1 is 0.926 bits per heavy atom. The fourth-order valence-electron chi connectivity index (χ4n) is 2.51. The summed E-state index contributed by atoms with van der Waals surface area (Å²) in [6, 6.07) is 21.7. The van der Waals surface area contributed by atoms with Crippen molar-refractivity contribution >= 4 is 21.9 Å². The van der Waals surface area contributed by atoms with Gasteiger partial charge < -0.3 is 0 Å². The van der Waals surface area contributed by atoms with Crippen LogP contribution in [0.1, 0.15) is 11.1 Å². The Labute approximate surface area is 158 Å². The van der Waals surface area contributed by atoms with E-state index < -0.39 is 10.0 Å². The fourth-order valence-corrected chi connectivity index (χ4v) is 3.67. The van der Waals surface area contributed by atoms with Crippen LogP contribution in [0, 0.1) is 5.82 Å². The van der Waals surface area contributed by atoms with E-state index in [1.54, 1.807) is 37.5 Å². The summed E-state index contributed by atoms with van der Waals surface area (Å²) in [5, 5.41) is 0. The molecule has 0 bridgehead atoms. The predicted octanol–water partition coefficient (Wildman–Crippen LogP) is 4.40. The van der Waals surface area contributed by atoms with E-state index in [4.69, 9.17) is 0 Å². The number of halogens is 1. The first-order valence-corrected chi connectivity index (χ1v) is 9.79. The van der Waals surface area contributed by atoms with Gasteiger partial charge in [-0.1, -0.05) is 42.5 Å². The van der Waals surface area contributed by atoms with Gasteiger partial charge in [0.2, 0.25) is 10.0 Å². The van der Waals surface area contributed by atoms with Gasteiger partial charge >= 0.3 is 0 Å². The molecule has 138 valence electrons. The lowest BCUT2D eigenvalue weighted by molar-refractivity contribution is 0.467. The van der Waals surface area contributed by atoms with E-state index in [0.29, 0.717) is 12.2 Å². The van der Waals surface area contributed by atoms with Crippen LogP contribution in [0.25, 0.3) is 0 Å². The summed E-state index contributed by atoms with van der Waals surface area (Å²) in [5.74, 6) is -0.304. The van der Waals surface area contributed by atoms with Gasteiger partial charge in [-0.05, 0) is 47.5 Å². The molecule has 0 radical (unpaired) electrons. The Bertz CT molecular complexity index is 1020. The molecule has 0 saturated heterocycles. The van der Waals surface area contributed by atoms with Crippen molar-refractivity contribution in [3.8, 4) is 0 Å².